The molecule has 142 valence electrons. The second-order valence-corrected chi connectivity index (χ2v) is 5.66. The second kappa shape index (κ2) is 8.59. The fraction of sp³-hybridized carbons (Fsp3) is 0.111. The molecular formula is C18H19N3O6. The summed E-state index contributed by atoms with van der Waals surface area (Å²) < 4.78 is 0. The number of aromatic hydroxyl groups is 4. The molecule has 0 aliphatic heterocycles. The SMILES string of the molecule is NN(Cc1ccc(O)c(O)c1)C(=O)/C=C\C(=O)NCc1ccc(O)c(O)c1. The zero-order chi connectivity index (χ0) is 20.0. The highest BCUT2D eigenvalue weighted by molar-refractivity contribution is 5.96. The van der Waals surface area contributed by atoms with Crippen LogP contribution in [-0.2, 0) is 22.7 Å². The molecule has 0 aliphatic carbocycles. The predicted molar refractivity (Wildman–Crippen MR) is 95.3 cm³/mol. The minimum Gasteiger partial charge on any atom is -0.504 e. The van der Waals surface area contributed by atoms with Crippen LogP contribution < -0.4 is 11.2 Å². The molecule has 0 saturated heterocycles. The van der Waals surface area contributed by atoms with E-state index in [1.165, 1.54) is 36.4 Å². The van der Waals surface area contributed by atoms with E-state index < -0.39 is 11.8 Å². The number of hydrogen-bond acceptors (Lipinski definition) is 7. The van der Waals surface area contributed by atoms with Crippen molar-refractivity contribution in [3.05, 3.63) is 59.7 Å². The number of benzene rings is 2. The van der Waals surface area contributed by atoms with Gasteiger partial charge in [0.1, 0.15) is 0 Å². The highest BCUT2D eigenvalue weighted by Crippen LogP contribution is 2.25. The highest BCUT2D eigenvalue weighted by atomic mass is 16.3. The molecule has 0 radical (unpaired) electrons. The fourth-order valence-corrected chi connectivity index (χ4v) is 2.11. The average Bonchev–Trinajstić information content (AvgIpc) is 2.63. The van der Waals surface area contributed by atoms with Gasteiger partial charge in [0.25, 0.3) is 5.91 Å². The molecule has 0 saturated carbocycles. The lowest BCUT2D eigenvalue weighted by atomic mass is 10.2. The molecule has 0 atom stereocenters. The standard InChI is InChI=1S/C18H19N3O6/c19-21(10-12-2-4-14(23)16(25)8-12)18(27)6-5-17(26)20-9-11-1-3-13(22)15(24)7-11/h1-8,22-25H,9-10,19H2,(H,20,26)/b6-5-. The number of carbonyl (C=O) groups is 2. The molecule has 2 aromatic carbocycles. The molecule has 0 unspecified atom stereocenters. The van der Waals surface area contributed by atoms with E-state index in [2.05, 4.69) is 5.32 Å². The first-order valence-electron chi connectivity index (χ1n) is 7.80. The number of rotatable bonds is 6. The van der Waals surface area contributed by atoms with Crippen LogP contribution in [0.15, 0.2) is 48.6 Å². The predicted octanol–water partition coefficient (Wildman–Crippen LogP) is 0.584. The number of nitrogens with zero attached hydrogens (tertiary/aromatic N) is 1. The van der Waals surface area contributed by atoms with Crippen molar-refractivity contribution in [3.63, 3.8) is 0 Å². The Morgan fingerprint density at radius 3 is 2.04 bits per heavy atom. The number of nitrogens with two attached hydrogens (primary N) is 1. The molecule has 0 spiro atoms. The van der Waals surface area contributed by atoms with Crippen LogP contribution in [0.25, 0.3) is 0 Å². The zero-order valence-electron chi connectivity index (χ0n) is 14.2. The van der Waals surface area contributed by atoms with Crippen LogP contribution in [-0.4, -0.2) is 37.2 Å². The van der Waals surface area contributed by atoms with Crippen LogP contribution in [0.5, 0.6) is 23.0 Å². The van der Waals surface area contributed by atoms with Gasteiger partial charge in [-0.2, -0.15) is 0 Å². The molecule has 2 amide bonds. The van der Waals surface area contributed by atoms with Crippen LogP contribution in [0.2, 0.25) is 0 Å². The quantitative estimate of drug-likeness (QED) is 0.142. The molecule has 27 heavy (non-hydrogen) atoms. The summed E-state index contributed by atoms with van der Waals surface area (Å²) in [5, 5.41) is 40.6. The summed E-state index contributed by atoms with van der Waals surface area (Å²) >= 11 is 0. The van der Waals surface area contributed by atoms with Gasteiger partial charge in [0.2, 0.25) is 5.91 Å². The third kappa shape index (κ3) is 5.65. The molecule has 0 fully saturated rings. The summed E-state index contributed by atoms with van der Waals surface area (Å²) in [6.07, 6.45) is 2.00. The van der Waals surface area contributed by atoms with E-state index in [-0.39, 0.29) is 36.1 Å². The Morgan fingerprint density at radius 1 is 0.889 bits per heavy atom. The van der Waals surface area contributed by atoms with Crippen molar-refractivity contribution in [3.8, 4) is 23.0 Å². The molecular weight excluding hydrogens is 354 g/mol. The summed E-state index contributed by atoms with van der Waals surface area (Å²) in [5.74, 6) is 3.26. The van der Waals surface area contributed by atoms with E-state index in [4.69, 9.17) is 5.84 Å². The van der Waals surface area contributed by atoms with E-state index in [0.717, 1.165) is 17.2 Å². The fourth-order valence-electron chi connectivity index (χ4n) is 2.11. The molecule has 0 bridgehead atoms. The van der Waals surface area contributed by atoms with Crippen LogP contribution in [0.4, 0.5) is 0 Å². The van der Waals surface area contributed by atoms with Crippen molar-refractivity contribution in [2.75, 3.05) is 0 Å². The van der Waals surface area contributed by atoms with Gasteiger partial charge >= 0.3 is 0 Å². The van der Waals surface area contributed by atoms with Crippen molar-refractivity contribution in [1.82, 2.24) is 10.3 Å². The molecule has 7 N–H and O–H groups in total. The first-order valence-corrected chi connectivity index (χ1v) is 7.80. The summed E-state index contributed by atoms with van der Waals surface area (Å²) in [4.78, 5) is 23.7. The van der Waals surface area contributed by atoms with E-state index in [9.17, 15) is 30.0 Å². The molecule has 9 nitrogen and oxygen atoms in total. The van der Waals surface area contributed by atoms with Gasteiger partial charge in [-0.15, -0.1) is 0 Å². The van der Waals surface area contributed by atoms with Crippen molar-refractivity contribution in [2.24, 2.45) is 5.84 Å². The minimum absolute atomic E-state index is 0.0363. The molecule has 0 heterocycles. The Balaban J connectivity index is 1.85. The van der Waals surface area contributed by atoms with Gasteiger partial charge in [0, 0.05) is 18.7 Å². The monoisotopic (exact) mass is 373 g/mol. The number of nitrogens with one attached hydrogen (secondary N) is 1. The first kappa shape index (κ1) is 19.6. The topological polar surface area (TPSA) is 156 Å². The van der Waals surface area contributed by atoms with E-state index in [1.807, 2.05) is 0 Å². The Hall–Kier alpha value is -3.72. The lowest BCUT2D eigenvalue weighted by Gasteiger charge is -2.14. The largest absolute Gasteiger partial charge is 0.504 e. The number of hydrazine groups is 1. The van der Waals surface area contributed by atoms with E-state index >= 15 is 0 Å². The van der Waals surface area contributed by atoms with Gasteiger partial charge in [0.15, 0.2) is 23.0 Å². The van der Waals surface area contributed by atoms with Crippen LogP contribution >= 0.6 is 0 Å². The van der Waals surface area contributed by atoms with E-state index in [0.29, 0.717) is 11.1 Å². The lowest BCUT2D eigenvalue weighted by molar-refractivity contribution is -0.127. The minimum atomic E-state index is -0.639. The highest BCUT2D eigenvalue weighted by Gasteiger charge is 2.09. The number of carbonyl (C=O) groups excluding carboxylic acids is 2. The number of amides is 2. The van der Waals surface area contributed by atoms with Gasteiger partial charge in [-0.05, 0) is 35.4 Å². The Kier molecular flexibility index (Phi) is 6.23. The van der Waals surface area contributed by atoms with Crippen LogP contribution in [0.3, 0.4) is 0 Å². The average molecular weight is 373 g/mol. The maximum Gasteiger partial charge on any atom is 0.260 e. The second-order valence-electron chi connectivity index (χ2n) is 5.66. The Morgan fingerprint density at radius 2 is 1.44 bits per heavy atom. The van der Waals surface area contributed by atoms with Gasteiger partial charge in [-0.3, -0.25) is 14.6 Å². The van der Waals surface area contributed by atoms with Gasteiger partial charge in [0.05, 0.1) is 6.54 Å². The van der Waals surface area contributed by atoms with Crippen molar-refractivity contribution >= 4 is 11.8 Å². The van der Waals surface area contributed by atoms with Crippen LogP contribution in [0.1, 0.15) is 11.1 Å². The molecule has 2 aromatic rings. The molecule has 9 heteroatoms. The maximum absolute atomic E-state index is 11.9. The third-order valence-corrected chi connectivity index (χ3v) is 3.56. The summed E-state index contributed by atoms with van der Waals surface area (Å²) in [7, 11) is 0. The smallest absolute Gasteiger partial charge is 0.260 e. The van der Waals surface area contributed by atoms with Crippen molar-refractivity contribution in [2.45, 2.75) is 13.1 Å². The molecule has 0 aliphatic rings. The molecule has 0 aromatic heterocycles. The third-order valence-electron chi connectivity index (χ3n) is 3.56. The Labute approximate surface area is 154 Å². The van der Waals surface area contributed by atoms with Crippen LogP contribution in [0, 0.1) is 0 Å². The van der Waals surface area contributed by atoms with Gasteiger partial charge in [-0.1, -0.05) is 12.1 Å². The lowest BCUT2D eigenvalue weighted by Crippen LogP contribution is -2.35. The number of phenolic OH excluding ortho intramolecular Hbond substituents is 4. The number of phenols is 4. The summed E-state index contributed by atoms with van der Waals surface area (Å²) in [6.45, 7) is 0.0513. The Bertz CT molecular complexity index is 881. The van der Waals surface area contributed by atoms with Crippen molar-refractivity contribution < 1.29 is 30.0 Å². The van der Waals surface area contributed by atoms with E-state index in [1.54, 1.807) is 0 Å². The zero-order valence-corrected chi connectivity index (χ0v) is 14.2. The first-order chi connectivity index (χ1) is 12.8. The van der Waals surface area contributed by atoms with Gasteiger partial charge in [-0.25, -0.2) is 5.84 Å². The number of hydrogen-bond donors (Lipinski definition) is 6. The molecule has 2 rings (SSSR count). The maximum atomic E-state index is 11.9. The summed E-state index contributed by atoms with van der Waals surface area (Å²) in [5.41, 5.74) is 1.05. The van der Waals surface area contributed by atoms with Gasteiger partial charge < -0.3 is 25.7 Å². The summed E-state index contributed by atoms with van der Waals surface area (Å²) in [6, 6.07) is 8.16. The normalized spacial score (nSPS) is 10.7. The van der Waals surface area contributed by atoms with Crippen molar-refractivity contribution in [1.29, 1.82) is 0 Å².